The molecule has 0 amide bonds. The first-order valence-electron chi connectivity index (χ1n) is 6.66. The average Bonchev–Trinajstić information content (AvgIpc) is 3.26. The molecule has 0 aliphatic heterocycles. The summed E-state index contributed by atoms with van der Waals surface area (Å²) in [6.45, 7) is 3.26. The minimum atomic E-state index is 0.323. The average molecular weight is 247 g/mol. The Morgan fingerprint density at radius 2 is 1.65 bits per heavy atom. The molecule has 0 bridgehead atoms. The number of thioether (sulfide) groups is 1. The van der Waals surface area contributed by atoms with Crippen molar-refractivity contribution >= 4 is 11.8 Å². The topological polar surface area (TPSA) is 12.0 Å². The zero-order valence-corrected chi connectivity index (χ0v) is 11.6. The summed E-state index contributed by atoms with van der Waals surface area (Å²) >= 11 is 2.01. The van der Waals surface area contributed by atoms with Crippen LogP contribution >= 0.6 is 11.8 Å². The first-order chi connectivity index (χ1) is 8.25. The lowest BCUT2D eigenvalue weighted by Gasteiger charge is -2.19. The number of rotatable bonds is 5. The number of benzene rings is 1. The molecule has 1 N–H and O–H groups in total. The lowest BCUT2D eigenvalue weighted by atomic mass is 10.0. The largest absolute Gasteiger partial charge is 0.308 e. The van der Waals surface area contributed by atoms with E-state index in [1.807, 2.05) is 11.8 Å². The van der Waals surface area contributed by atoms with Crippen LogP contribution in [0.2, 0.25) is 0 Å². The maximum atomic E-state index is 3.63. The highest BCUT2D eigenvalue weighted by molar-refractivity contribution is 7.99. The van der Waals surface area contributed by atoms with Gasteiger partial charge >= 0.3 is 0 Å². The summed E-state index contributed by atoms with van der Waals surface area (Å²) in [7, 11) is 0. The minimum Gasteiger partial charge on any atom is -0.308 e. The van der Waals surface area contributed by atoms with Crippen LogP contribution in [0.3, 0.4) is 0 Å². The van der Waals surface area contributed by atoms with E-state index < -0.39 is 0 Å². The zero-order chi connectivity index (χ0) is 11.9. The monoisotopic (exact) mass is 247 g/mol. The molecule has 1 aromatic carbocycles. The van der Waals surface area contributed by atoms with Gasteiger partial charge in [0.1, 0.15) is 0 Å². The van der Waals surface area contributed by atoms with Crippen LogP contribution in [0.4, 0.5) is 0 Å². The Balaban J connectivity index is 1.81. The number of hydrogen-bond donors (Lipinski definition) is 1. The smallest absolute Gasteiger partial charge is 0.0436 e. The third-order valence-corrected chi connectivity index (χ3v) is 5.75. The SMILES string of the molecule is CCNC1(c2ccc(C3(SC)CC3)cc2)CC1. The lowest BCUT2D eigenvalue weighted by Crippen LogP contribution is -2.28. The third-order valence-electron chi connectivity index (χ3n) is 4.32. The van der Waals surface area contributed by atoms with E-state index in [1.165, 1.54) is 36.8 Å². The second-order valence-electron chi connectivity index (χ2n) is 5.39. The molecule has 0 heterocycles. The van der Waals surface area contributed by atoms with Gasteiger partial charge in [-0.05, 0) is 49.6 Å². The number of hydrogen-bond acceptors (Lipinski definition) is 2. The Labute approximate surface area is 108 Å². The maximum absolute atomic E-state index is 3.63. The molecule has 1 aromatic rings. The van der Waals surface area contributed by atoms with Gasteiger partial charge in [0.15, 0.2) is 0 Å². The fraction of sp³-hybridized carbons (Fsp3) is 0.600. The predicted octanol–water partition coefficient (Wildman–Crippen LogP) is 3.64. The number of nitrogens with one attached hydrogen (secondary N) is 1. The van der Waals surface area contributed by atoms with Gasteiger partial charge in [-0.15, -0.1) is 0 Å². The van der Waals surface area contributed by atoms with E-state index in [9.17, 15) is 0 Å². The van der Waals surface area contributed by atoms with Crippen molar-refractivity contribution in [3.63, 3.8) is 0 Å². The van der Waals surface area contributed by atoms with E-state index in [4.69, 9.17) is 0 Å². The van der Waals surface area contributed by atoms with Crippen molar-refractivity contribution in [1.82, 2.24) is 5.32 Å². The third kappa shape index (κ3) is 1.92. The quantitative estimate of drug-likeness (QED) is 0.852. The van der Waals surface area contributed by atoms with Gasteiger partial charge in [0.25, 0.3) is 0 Å². The van der Waals surface area contributed by atoms with E-state index in [1.54, 1.807) is 0 Å². The van der Waals surface area contributed by atoms with Crippen LogP contribution in [0.15, 0.2) is 24.3 Å². The molecule has 1 nitrogen and oxygen atoms in total. The molecule has 0 spiro atoms. The van der Waals surface area contributed by atoms with Crippen LogP contribution in [0, 0.1) is 0 Å². The zero-order valence-electron chi connectivity index (χ0n) is 10.8. The van der Waals surface area contributed by atoms with Crippen LogP contribution < -0.4 is 5.32 Å². The van der Waals surface area contributed by atoms with Crippen molar-refractivity contribution in [2.45, 2.75) is 42.9 Å². The van der Waals surface area contributed by atoms with Gasteiger partial charge in [0.05, 0.1) is 0 Å². The van der Waals surface area contributed by atoms with Crippen LogP contribution in [0.25, 0.3) is 0 Å². The molecule has 2 heteroatoms. The van der Waals surface area contributed by atoms with E-state index in [0.717, 1.165) is 6.54 Å². The second-order valence-corrected chi connectivity index (χ2v) is 6.58. The standard InChI is InChI=1S/C15H21NS/c1-3-16-14(8-9-14)12-4-6-13(7-5-12)15(17-2)10-11-15/h4-7,16H,3,8-11H2,1-2H3. The summed E-state index contributed by atoms with van der Waals surface area (Å²) in [5, 5.41) is 3.63. The van der Waals surface area contributed by atoms with E-state index in [0.29, 0.717) is 10.3 Å². The van der Waals surface area contributed by atoms with Crippen molar-refractivity contribution in [1.29, 1.82) is 0 Å². The predicted molar refractivity (Wildman–Crippen MR) is 75.5 cm³/mol. The van der Waals surface area contributed by atoms with Crippen LogP contribution in [-0.4, -0.2) is 12.8 Å². The molecule has 0 atom stereocenters. The first kappa shape index (κ1) is 11.6. The van der Waals surface area contributed by atoms with Crippen molar-refractivity contribution in [3.05, 3.63) is 35.4 Å². The molecule has 0 saturated heterocycles. The molecular weight excluding hydrogens is 226 g/mol. The highest BCUT2D eigenvalue weighted by Gasteiger charge is 2.45. The summed E-state index contributed by atoms with van der Waals surface area (Å²) in [4.78, 5) is 0. The van der Waals surface area contributed by atoms with E-state index >= 15 is 0 Å². The second kappa shape index (κ2) is 4.03. The van der Waals surface area contributed by atoms with Gasteiger partial charge in [-0.3, -0.25) is 0 Å². The first-order valence-corrected chi connectivity index (χ1v) is 7.88. The fourth-order valence-corrected chi connectivity index (χ4v) is 3.73. The highest BCUT2D eigenvalue weighted by Crippen LogP contribution is 2.56. The lowest BCUT2D eigenvalue weighted by molar-refractivity contribution is 0.539. The normalized spacial score (nSPS) is 23.4. The fourth-order valence-electron chi connectivity index (χ4n) is 2.85. The highest BCUT2D eigenvalue weighted by atomic mass is 32.2. The Kier molecular flexibility index (Phi) is 2.75. The molecule has 0 radical (unpaired) electrons. The van der Waals surface area contributed by atoms with Crippen LogP contribution in [0.1, 0.15) is 43.7 Å². The molecule has 2 saturated carbocycles. The summed E-state index contributed by atoms with van der Waals surface area (Å²) in [5.74, 6) is 0. The Morgan fingerprint density at radius 3 is 2.06 bits per heavy atom. The Bertz CT molecular complexity index is 401. The molecule has 2 fully saturated rings. The van der Waals surface area contributed by atoms with Crippen LogP contribution in [0.5, 0.6) is 0 Å². The molecule has 0 aromatic heterocycles. The summed E-state index contributed by atoms with van der Waals surface area (Å²) in [6.07, 6.45) is 7.54. The van der Waals surface area contributed by atoms with Gasteiger partial charge in [-0.1, -0.05) is 31.2 Å². The van der Waals surface area contributed by atoms with Gasteiger partial charge in [0.2, 0.25) is 0 Å². The molecule has 2 aliphatic rings. The van der Waals surface area contributed by atoms with Crippen LogP contribution in [-0.2, 0) is 10.3 Å². The van der Waals surface area contributed by atoms with Gasteiger partial charge in [0, 0.05) is 10.3 Å². The molecular formula is C15H21NS. The van der Waals surface area contributed by atoms with Crippen molar-refractivity contribution in [3.8, 4) is 0 Å². The molecule has 92 valence electrons. The molecule has 3 rings (SSSR count). The van der Waals surface area contributed by atoms with Gasteiger partial charge in [-0.25, -0.2) is 0 Å². The molecule has 0 unspecified atom stereocenters. The van der Waals surface area contributed by atoms with Crippen molar-refractivity contribution in [2.24, 2.45) is 0 Å². The van der Waals surface area contributed by atoms with Gasteiger partial charge < -0.3 is 5.32 Å². The molecule has 17 heavy (non-hydrogen) atoms. The minimum absolute atomic E-state index is 0.323. The Morgan fingerprint density at radius 1 is 1.06 bits per heavy atom. The van der Waals surface area contributed by atoms with Crippen molar-refractivity contribution in [2.75, 3.05) is 12.8 Å². The van der Waals surface area contributed by atoms with Crippen molar-refractivity contribution < 1.29 is 0 Å². The summed E-state index contributed by atoms with van der Waals surface area (Å²) < 4.78 is 0.466. The maximum Gasteiger partial charge on any atom is 0.0436 e. The van der Waals surface area contributed by atoms with E-state index in [2.05, 4.69) is 42.8 Å². The summed E-state index contributed by atoms with van der Waals surface area (Å²) in [6, 6.07) is 9.41. The Hall–Kier alpha value is -0.470. The summed E-state index contributed by atoms with van der Waals surface area (Å²) in [5.41, 5.74) is 3.34. The van der Waals surface area contributed by atoms with Gasteiger partial charge in [-0.2, -0.15) is 11.8 Å². The molecule has 2 aliphatic carbocycles. The van der Waals surface area contributed by atoms with E-state index in [-0.39, 0.29) is 0 Å².